The van der Waals surface area contributed by atoms with Crippen LogP contribution in [-0.2, 0) is 0 Å². The first-order valence-corrected chi connectivity index (χ1v) is 3.69. The molecule has 0 atom stereocenters. The van der Waals surface area contributed by atoms with Crippen molar-refractivity contribution in [2.45, 2.75) is 27.7 Å². The third-order valence-corrected chi connectivity index (χ3v) is 1.48. The van der Waals surface area contributed by atoms with Gasteiger partial charge in [0.25, 0.3) is 0 Å². The van der Waals surface area contributed by atoms with Gasteiger partial charge in [0.1, 0.15) is 0 Å². The van der Waals surface area contributed by atoms with E-state index in [0.29, 0.717) is 0 Å². The normalized spacial score (nSPS) is 13.0. The minimum absolute atomic E-state index is 0.130. The first-order valence-electron chi connectivity index (χ1n) is 3.22. The summed E-state index contributed by atoms with van der Waals surface area (Å²) in [7, 11) is 0. The quantitative estimate of drug-likeness (QED) is 0.377. The van der Waals surface area contributed by atoms with Crippen LogP contribution in [0.1, 0.15) is 27.7 Å². The molecule has 3 heteroatoms. The molecule has 0 saturated heterocycles. The van der Waals surface area contributed by atoms with Crippen LogP contribution in [0.2, 0.25) is 0 Å². The number of rotatable bonds is 2. The van der Waals surface area contributed by atoms with Crippen molar-refractivity contribution in [3.63, 3.8) is 0 Å². The molecule has 0 aromatic heterocycles. The van der Waals surface area contributed by atoms with Crippen molar-refractivity contribution in [1.29, 1.82) is 0 Å². The molecule has 2 nitrogen and oxygen atoms in total. The molecule has 58 valence electrons. The lowest BCUT2D eigenvalue weighted by Crippen LogP contribution is -2.19. The van der Waals surface area contributed by atoms with E-state index in [2.05, 4.69) is 43.5 Å². The summed E-state index contributed by atoms with van der Waals surface area (Å²) in [4.78, 5) is 0. The van der Waals surface area contributed by atoms with Crippen molar-refractivity contribution in [1.82, 2.24) is 5.43 Å². The monoisotopic (exact) mass is 158 g/mol. The van der Waals surface area contributed by atoms with Gasteiger partial charge in [-0.05, 0) is 6.92 Å². The van der Waals surface area contributed by atoms with Gasteiger partial charge in [-0.2, -0.15) is 5.10 Å². The predicted molar refractivity (Wildman–Crippen MR) is 49.4 cm³/mol. The number of thiocarbonyl (C=S) groups is 1. The lowest BCUT2D eigenvalue weighted by molar-refractivity contribution is 0.583. The second kappa shape index (κ2) is 3.66. The Morgan fingerprint density at radius 3 is 2.30 bits per heavy atom. The lowest BCUT2D eigenvalue weighted by atomic mass is 9.91. The van der Waals surface area contributed by atoms with Crippen LogP contribution < -0.4 is 5.43 Å². The van der Waals surface area contributed by atoms with Gasteiger partial charge in [-0.25, -0.2) is 0 Å². The van der Waals surface area contributed by atoms with Crippen molar-refractivity contribution in [3.8, 4) is 0 Å². The summed E-state index contributed by atoms with van der Waals surface area (Å²) in [6, 6.07) is 0. The highest BCUT2D eigenvalue weighted by atomic mass is 32.1. The van der Waals surface area contributed by atoms with Gasteiger partial charge >= 0.3 is 0 Å². The molecule has 0 unspecified atom stereocenters. The predicted octanol–water partition coefficient (Wildman–Crippen LogP) is 1.96. The highest BCUT2D eigenvalue weighted by Gasteiger charge is 2.13. The minimum atomic E-state index is 0.130. The fourth-order valence-electron chi connectivity index (χ4n) is 0.291. The van der Waals surface area contributed by atoms with Gasteiger partial charge in [0.2, 0.25) is 0 Å². The molecule has 0 fully saturated rings. The van der Waals surface area contributed by atoms with Gasteiger partial charge in [0.15, 0.2) is 0 Å². The van der Waals surface area contributed by atoms with Crippen molar-refractivity contribution in [2.24, 2.45) is 10.5 Å². The highest BCUT2D eigenvalue weighted by molar-refractivity contribution is 7.78. The van der Waals surface area contributed by atoms with Gasteiger partial charge in [-0.3, -0.25) is 5.43 Å². The van der Waals surface area contributed by atoms with E-state index in [1.165, 1.54) is 5.49 Å². The molecule has 0 aromatic carbocycles. The maximum absolute atomic E-state index is 4.55. The summed E-state index contributed by atoms with van der Waals surface area (Å²) in [5.41, 5.74) is 5.21. The smallest absolute Gasteiger partial charge is 0.0829 e. The van der Waals surface area contributed by atoms with Crippen molar-refractivity contribution in [3.05, 3.63) is 0 Å². The fourth-order valence-corrected chi connectivity index (χ4v) is 0.344. The van der Waals surface area contributed by atoms with E-state index in [0.717, 1.165) is 5.71 Å². The van der Waals surface area contributed by atoms with E-state index in [9.17, 15) is 0 Å². The zero-order valence-corrected chi connectivity index (χ0v) is 7.75. The van der Waals surface area contributed by atoms with Gasteiger partial charge < -0.3 is 0 Å². The van der Waals surface area contributed by atoms with E-state index in [4.69, 9.17) is 0 Å². The third-order valence-electron chi connectivity index (χ3n) is 1.37. The Morgan fingerprint density at radius 2 is 2.00 bits per heavy atom. The molecule has 10 heavy (non-hydrogen) atoms. The van der Waals surface area contributed by atoms with Crippen LogP contribution >= 0.6 is 12.2 Å². The van der Waals surface area contributed by atoms with Crippen LogP contribution in [0.3, 0.4) is 0 Å². The summed E-state index contributed by atoms with van der Waals surface area (Å²) in [6.07, 6.45) is 0. The fraction of sp³-hybridized carbons (Fsp3) is 0.714. The maximum atomic E-state index is 4.55. The minimum Gasteiger partial charge on any atom is -0.275 e. The first kappa shape index (κ1) is 9.56. The number of hydrogen-bond donors (Lipinski definition) is 1. The molecule has 0 aliphatic rings. The molecule has 0 rings (SSSR count). The molecule has 0 aliphatic heterocycles. The molecule has 0 spiro atoms. The van der Waals surface area contributed by atoms with Crippen molar-refractivity contribution >= 4 is 23.4 Å². The van der Waals surface area contributed by atoms with Crippen LogP contribution in [0.4, 0.5) is 0 Å². The first-order chi connectivity index (χ1) is 4.48. The van der Waals surface area contributed by atoms with Crippen LogP contribution in [-0.4, -0.2) is 11.2 Å². The highest BCUT2D eigenvalue weighted by Crippen LogP contribution is 2.14. The average molecular weight is 158 g/mol. The molecular formula is C7H14N2S. The Balaban J connectivity index is 4.05. The number of hydrazone groups is 1. The van der Waals surface area contributed by atoms with Crippen LogP contribution in [0.5, 0.6) is 0 Å². The van der Waals surface area contributed by atoms with Gasteiger partial charge in [0, 0.05) is 11.1 Å². The number of nitrogens with zero attached hydrogens (tertiary/aromatic N) is 1. The lowest BCUT2D eigenvalue weighted by Gasteiger charge is -2.16. The number of hydrogen-bond acceptors (Lipinski definition) is 2. The van der Waals surface area contributed by atoms with E-state index in [1.807, 2.05) is 6.92 Å². The van der Waals surface area contributed by atoms with Gasteiger partial charge in [-0.1, -0.05) is 33.0 Å². The Hall–Kier alpha value is -0.440. The van der Waals surface area contributed by atoms with Crippen molar-refractivity contribution in [2.75, 3.05) is 0 Å². The molecule has 0 amide bonds. The van der Waals surface area contributed by atoms with Crippen LogP contribution in [0, 0.1) is 5.41 Å². The summed E-state index contributed by atoms with van der Waals surface area (Å²) >= 11 is 4.55. The van der Waals surface area contributed by atoms with E-state index >= 15 is 0 Å². The molecule has 0 heterocycles. The standard InChI is InChI=1S/C7H14N2S/c1-6(7(2,3)4)9-8-5-10/h5H,1-4H3,(H,8,10). The Morgan fingerprint density at radius 1 is 1.50 bits per heavy atom. The summed E-state index contributed by atoms with van der Waals surface area (Å²) in [6.45, 7) is 8.30. The molecular weight excluding hydrogens is 144 g/mol. The molecule has 0 aliphatic carbocycles. The zero-order valence-electron chi connectivity index (χ0n) is 6.93. The van der Waals surface area contributed by atoms with Crippen molar-refractivity contribution < 1.29 is 0 Å². The average Bonchev–Trinajstić information content (AvgIpc) is 1.80. The number of nitrogens with one attached hydrogen (secondary N) is 1. The molecule has 0 bridgehead atoms. The second-order valence-electron chi connectivity index (χ2n) is 3.19. The summed E-state index contributed by atoms with van der Waals surface area (Å²) < 4.78 is 0. The Bertz CT molecular complexity index is 144. The van der Waals surface area contributed by atoms with E-state index < -0.39 is 0 Å². The van der Waals surface area contributed by atoms with Crippen LogP contribution in [0.15, 0.2) is 5.10 Å². The topological polar surface area (TPSA) is 24.4 Å². The molecule has 1 N–H and O–H groups in total. The molecule has 0 saturated carbocycles. The molecule has 0 aromatic rings. The Labute approximate surface area is 67.7 Å². The largest absolute Gasteiger partial charge is 0.275 e. The van der Waals surface area contributed by atoms with E-state index in [-0.39, 0.29) is 5.41 Å². The SMILES string of the molecule is CC(=NNC=S)C(C)(C)C. The summed E-state index contributed by atoms with van der Waals surface area (Å²) in [5.74, 6) is 0. The zero-order chi connectivity index (χ0) is 8.20. The summed E-state index contributed by atoms with van der Waals surface area (Å²) in [5, 5.41) is 4.02. The third kappa shape index (κ3) is 3.56. The van der Waals surface area contributed by atoms with E-state index in [1.54, 1.807) is 0 Å². The second-order valence-corrected chi connectivity index (χ2v) is 3.43. The van der Waals surface area contributed by atoms with Crippen LogP contribution in [0.25, 0.3) is 0 Å². The molecule has 0 radical (unpaired) electrons. The van der Waals surface area contributed by atoms with Gasteiger partial charge in [0.05, 0.1) is 5.49 Å². The maximum Gasteiger partial charge on any atom is 0.0829 e. The van der Waals surface area contributed by atoms with Gasteiger partial charge in [-0.15, -0.1) is 0 Å². The Kier molecular flexibility index (Phi) is 3.50.